The highest BCUT2D eigenvalue weighted by Crippen LogP contribution is 2.21. The summed E-state index contributed by atoms with van der Waals surface area (Å²) >= 11 is 0. The van der Waals surface area contributed by atoms with E-state index in [4.69, 9.17) is 9.47 Å². The lowest BCUT2D eigenvalue weighted by Crippen LogP contribution is -2.32. The molecule has 0 N–H and O–H groups in total. The Hall–Kier alpha value is -1.55. The zero-order chi connectivity index (χ0) is 13.5. The highest BCUT2D eigenvalue weighted by atomic mass is 16.5. The first-order valence-electron chi connectivity index (χ1n) is 6.07. The SMILES string of the molecule is CCOCC(=O)N(C)C(C)c1ccc(OC)cc1. The van der Waals surface area contributed by atoms with Crippen molar-refractivity contribution in [2.24, 2.45) is 0 Å². The van der Waals surface area contributed by atoms with Crippen LogP contribution in [-0.4, -0.2) is 38.2 Å². The number of carbonyl (C=O) groups is 1. The van der Waals surface area contributed by atoms with Crippen LogP contribution >= 0.6 is 0 Å². The maximum absolute atomic E-state index is 11.8. The minimum atomic E-state index is -0.0137. The smallest absolute Gasteiger partial charge is 0.248 e. The highest BCUT2D eigenvalue weighted by molar-refractivity contribution is 5.77. The van der Waals surface area contributed by atoms with E-state index in [1.165, 1.54) is 0 Å². The van der Waals surface area contributed by atoms with Gasteiger partial charge >= 0.3 is 0 Å². The summed E-state index contributed by atoms with van der Waals surface area (Å²) in [6.45, 7) is 4.55. The van der Waals surface area contributed by atoms with Gasteiger partial charge in [-0.15, -0.1) is 0 Å². The van der Waals surface area contributed by atoms with Gasteiger partial charge in [0.1, 0.15) is 12.4 Å². The number of nitrogens with zero attached hydrogens (tertiary/aromatic N) is 1. The maximum Gasteiger partial charge on any atom is 0.248 e. The molecule has 0 spiro atoms. The summed E-state index contributed by atoms with van der Waals surface area (Å²) in [4.78, 5) is 13.5. The number of benzene rings is 1. The average molecular weight is 251 g/mol. The molecule has 1 rings (SSSR count). The molecule has 0 bridgehead atoms. The molecule has 0 aromatic heterocycles. The Kier molecular flexibility index (Phi) is 5.65. The molecule has 0 saturated heterocycles. The van der Waals surface area contributed by atoms with Crippen molar-refractivity contribution in [1.29, 1.82) is 0 Å². The third-order valence-corrected chi connectivity index (χ3v) is 3.00. The largest absolute Gasteiger partial charge is 0.497 e. The monoisotopic (exact) mass is 251 g/mol. The Labute approximate surface area is 108 Å². The van der Waals surface area contributed by atoms with Crippen molar-refractivity contribution in [3.8, 4) is 5.75 Å². The van der Waals surface area contributed by atoms with Crippen LogP contribution in [0.2, 0.25) is 0 Å². The van der Waals surface area contributed by atoms with Gasteiger partial charge in [0, 0.05) is 13.7 Å². The summed E-state index contributed by atoms with van der Waals surface area (Å²) in [5.41, 5.74) is 1.07. The van der Waals surface area contributed by atoms with Crippen LogP contribution in [0.25, 0.3) is 0 Å². The molecule has 4 heteroatoms. The fraction of sp³-hybridized carbons (Fsp3) is 0.500. The molecule has 1 amide bonds. The Bertz CT molecular complexity index is 375. The number of amides is 1. The summed E-state index contributed by atoms with van der Waals surface area (Å²) in [6, 6.07) is 7.74. The Morgan fingerprint density at radius 2 is 1.94 bits per heavy atom. The van der Waals surface area contributed by atoms with Gasteiger partial charge in [-0.2, -0.15) is 0 Å². The number of hydrogen-bond acceptors (Lipinski definition) is 3. The Balaban J connectivity index is 2.66. The van der Waals surface area contributed by atoms with Crippen LogP contribution in [0, 0.1) is 0 Å². The van der Waals surface area contributed by atoms with Crippen LogP contribution in [0.1, 0.15) is 25.5 Å². The first-order valence-corrected chi connectivity index (χ1v) is 6.07. The zero-order valence-corrected chi connectivity index (χ0v) is 11.5. The minimum absolute atomic E-state index is 0.0137. The molecule has 18 heavy (non-hydrogen) atoms. The molecule has 0 aliphatic heterocycles. The lowest BCUT2D eigenvalue weighted by atomic mass is 10.1. The Morgan fingerprint density at radius 3 is 2.44 bits per heavy atom. The van der Waals surface area contributed by atoms with E-state index in [-0.39, 0.29) is 18.6 Å². The van der Waals surface area contributed by atoms with E-state index in [0.717, 1.165) is 11.3 Å². The molecule has 4 nitrogen and oxygen atoms in total. The van der Waals surface area contributed by atoms with Gasteiger partial charge < -0.3 is 14.4 Å². The summed E-state index contributed by atoms with van der Waals surface area (Å²) in [5.74, 6) is 0.800. The molecule has 1 unspecified atom stereocenters. The van der Waals surface area contributed by atoms with Crippen molar-refractivity contribution in [3.05, 3.63) is 29.8 Å². The van der Waals surface area contributed by atoms with Gasteiger partial charge in [0.2, 0.25) is 5.91 Å². The second kappa shape index (κ2) is 7.01. The molecule has 1 aromatic carbocycles. The molecule has 0 saturated carbocycles. The van der Waals surface area contributed by atoms with Crippen molar-refractivity contribution >= 4 is 5.91 Å². The van der Waals surface area contributed by atoms with E-state index in [9.17, 15) is 4.79 Å². The van der Waals surface area contributed by atoms with Crippen molar-refractivity contribution in [2.75, 3.05) is 27.4 Å². The summed E-state index contributed by atoms with van der Waals surface area (Å²) < 4.78 is 10.2. The molecule has 1 aromatic rings. The lowest BCUT2D eigenvalue weighted by Gasteiger charge is -2.25. The van der Waals surface area contributed by atoms with Gasteiger partial charge in [-0.1, -0.05) is 12.1 Å². The van der Waals surface area contributed by atoms with Crippen molar-refractivity contribution < 1.29 is 14.3 Å². The second-order valence-electron chi connectivity index (χ2n) is 4.09. The quantitative estimate of drug-likeness (QED) is 0.778. The van der Waals surface area contributed by atoms with Crippen LogP contribution in [0.3, 0.4) is 0 Å². The van der Waals surface area contributed by atoms with E-state index in [1.807, 2.05) is 38.1 Å². The first-order chi connectivity index (χ1) is 8.60. The molecule has 0 heterocycles. The second-order valence-corrected chi connectivity index (χ2v) is 4.09. The fourth-order valence-corrected chi connectivity index (χ4v) is 1.61. The van der Waals surface area contributed by atoms with Gasteiger partial charge in [-0.25, -0.2) is 0 Å². The maximum atomic E-state index is 11.8. The van der Waals surface area contributed by atoms with Crippen molar-refractivity contribution in [1.82, 2.24) is 4.90 Å². The summed E-state index contributed by atoms with van der Waals surface area (Å²) in [5, 5.41) is 0. The van der Waals surface area contributed by atoms with Gasteiger partial charge in [0.25, 0.3) is 0 Å². The van der Waals surface area contributed by atoms with Crippen molar-refractivity contribution in [3.63, 3.8) is 0 Å². The zero-order valence-electron chi connectivity index (χ0n) is 11.5. The molecule has 100 valence electrons. The molecule has 0 fully saturated rings. The van der Waals surface area contributed by atoms with Crippen LogP contribution < -0.4 is 4.74 Å². The number of ether oxygens (including phenoxy) is 2. The van der Waals surface area contributed by atoms with Gasteiger partial charge in [0.15, 0.2) is 0 Å². The number of rotatable bonds is 6. The third-order valence-electron chi connectivity index (χ3n) is 3.00. The summed E-state index contributed by atoms with van der Waals surface area (Å²) in [7, 11) is 3.42. The predicted octanol–water partition coefficient (Wildman–Crippen LogP) is 2.25. The normalized spacial score (nSPS) is 12.0. The summed E-state index contributed by atoms with van der Waals surface area (Å²) in [6.07, 6.45) is 0. The van der Waals surface area contributed by atoms with Crippen LogP contribution in [0.4, 0.5) is 0 Å². The van der Waals surface area contributed by atoms with E-state index < -0.39 is 0 Å². The lowest BCUT2D eigenvalue weighted by molar-refractivity contribution is -0.136. The third kappa shape index (κ3) is 3.74. The van der Waals surface area contributed by atoms with E-state index in [2.05, 4.69) is 0 Å². The van der Waals surface area contributed by atoms with Gasteiger partial charge in [0.05, 0.1) is 13.2 Å². The predicted molar refractivity (Wildman–Crippen MR) is 70.7 cm³/mol. The number of carbonyl (C=O) groups excluding carboxylic acids is 1. The van der Waals surface area contributed by atoms with Crippen LogP contribution in [-0.2, 0) is 9.53 Å². The van der Waals surface area contributed by atoms with Gasteiger partial charge in [-0.3, -0.25) is 4.79 Å². The fourth-order valence-electron chi connectivity index (χ4n) is 1.61. The van der Waals surface area contributed by atoms with E-state index in [0.29, 0.717) is 6.61 Å². The van der Waals surface area contributed by atoms with Crippen LogP contribution in [0.5, 0.6) is 5.75 Å². The Morgan fingerprint density at radius 1 is 1.33 bits per heavy atom. The van der Waals surface area contributed by atoms with Gasteiger partial charge in [-0.05, 0) is 31.5 Å². The molecular weight excluding hydrogens is 230 g/mol. The van der Waals surface area contributed by atoms with Crippen molar-refractivity contribution in [2.45, 2.75) is 19.9 Å². The topological polar surface area (TPSA) is 38.8 Å². The number of methoxy groups -OCH3 is 1. The van der Waals surface area contributed by atoms with Crippen LogP contribution in [0.15, 0.2) is 24.3 Å². The molecule has 0 aliphatic carbocycles. The molecule has 1 atom stereocenters. The molecular formula is C14H21NO3. The van der Waals surface area contributed by atoms with E-state index >= 15 is 0 Å². The highest BCUT2D eigenvalue weighted by Gasteiger charge is 2.17. The minimum Gasteiger partial charge on any atom is -0.497 e. The number of hydrogen-bond donors (Lipinski definition) is 0. The first kappa shape index (κ1) is 14.5. The average Bonchev–Trinajstić information content (AvgIpc) is 2.43. The molecule has 0 radical (unpaired) electrons. The molecule has 0 aliphatic rings. The standard InChI is InChI=1S/C14H21NO3/c1-5-18-10-14(16)15(3)11(2)12-6-8-13(17-4)9-7-12/h6-9,11H,5,10H2,1-4H3. The van der Waals surface area contributed by atoms with E-state index in [1.54, 1.807) is 19.1 Å². The number of likely N-dealkylation sites (N-methyl/N-ethyl adjacent to an activating group) is 1.